The molecule has 2 aromatic heterocycles. The molecule has 6 nitrogen and oxygen atoms in total. The number of morpholine rings is 1. The third kappa shape index (κ3) is 5.32. The highest BCUT2D eigenvalue weighted by atomic mass is 32.1. The van der Waals surface area contributed by atoms with Crippen LogP contribution in [-0.4, -0.2) is 60.2 Å². The van der Waals surface area contributed by atoms with Crippen molar-refractivity contribution in [2.45, 2.75) is 19.8 Å². The number of nitrogens with zero attached hydrogens (tertiary/aromatic N) is 3. The number of pyridine rings is 1. The van der Waals surface area contributed by atoms with Gasteiger partial charge in [0.2, 0.25) is 0 Å². The summed E-state index contributed by atoms with van der Waals surface area (Å²) in [7, 11) is 0. The summed E-state index contributed by atoms with van der Waals surface area (Å²) in [6, 6.07) is 4.03. The number of rotatable bonds is 7. The molecule has 1 aliphatic heterocycles. The summed E-state index contributed by atoms with van der Waals surface area (Å²) in [4.78, 5) is 24.0. The highest BCUT2D eigenvalue weighted by molar-refractivity contribution is 7.13. The lowest BCUT2D eigenvalue weighted by Gasteiger charge is -2.26. The number of nitrogens with one attached hydrogen (secondary N) is 1. The fourth-order valence-corrected chi connectivity index (χ4v) is 3.78. The predicted molar refractivity (Wildman–Crippen MR) is 98.1 cm³/mol. The number of thiazole rings is 1. The van der Waals surface area contributed by atoms with Gasteiger partial charge in [-0.25, -0.2) is 4.98 Å². The molecule has 1 amide bonds. The molecule has 3 heterocycles. The summed E-state index contributed by atoms with van der Waals surface area (Å²) >= 11 is 1.50. The van der Waals surface area contributed by atoms with Crippen molar-refractivity contribution < 1.29 is 9.53 Å². The lowest BCUT2D eigenvalue weighted by atomic mass is 10.1. The van der Waals surface area contributed by atoms with Crippen molar-refractivity contribution in [3.63, 3.8) is 0 Å². The maximum Gasteiger partial charge on any atom is 0.263 e. The van der Waals surface area contributed by atoms with Gasteiger partial charge < -0.3 is 10.1 Å². The lowest BCUT2D eigenvalue weighted by Crippen LogP contribution is -2.41. The smallest absolute Gasteiger partial charge is 0.263 e. The Morgan fingerprint density at radius 1 is 1.28 bits per heavy atom. The molecule has 3 rings (SSSR count). The van der Waals surface area contributed by atoms with Crippen molar-refractivity contribution >= 4 is 17.2 Å². The maximum absolute atomic E-state index is 12.4. The van der Waals surface area contributed by atoms with Gasteiger partial charge in [0, 0.05) is 45.0 Å². The molecule has 0 bridgehead atoms. The molecule has 1 N–H and O–H groups in total. The van der Waals surface area contributed by atoms with Crippen LogP contribution in [0.1, 0.15) is 25.9 Å². The first-order chi connectivity index (χ1) is 12.2. The van der Waals surface area contributed by atoms with E-state index >= 15 is 0 Å². The maximum atomic E-state index is 12.4. The average molecular weight is 360 g/mol. The quantitative estimate of drug-likeness (QED) is 0.814. The Labute approximate surface area is 152 Å². The van der Waals surface area contributed by atoms with Crippen molar-refractivity contribution in [2.75, 3.05) is 39.4 Å². The first-order valence-corrected chi connectivity index (χ1v) is 9.47. The molecule has 134 valence electrons. The first kappa shape index (κ1) is 18.0. The largest absolute Gasteiger partial charge is 0.379 e. The molecular weight excluding hydrogens is 336 g/mol. The zero-order valence-electron chi connectivity index (χ0n) is 14.5. The summed E-state index contributed by atoms with van der Waals surface area (Å²) < 4.78 is 5.33. The molecule has 0 saturated carbocycles. The third-order valence-corrected chi connectivity index (χ3v) is 5.46. The highest BCUT2D eigenvalue weighted by Gasteiger charge is 2.16. The van der Waals surface area contributed by atoms with E-state index in [2.05, 4.69) is 20.2 Å². The Kier molecular flexibility index (Phi) is 6.49. The molecule has 7 heteroatoms. The molecule has 2 aromatic rings. The van der Waals surface area contributed by atoms with E-state index < -0.39 is 0 Å². The Morgan fingerprint density at radius 3 is 2.80 bits per heavy atom. The minimum atomic E-state index is -0.0154. The van der Waals surface area contributed by atoms with Crippen LogP contribution in [0.4, 0.5) is 0 Å². The topological polar surface area (TPSA) is 67.4 Å². The summed E-state index contributed by atoms with van der Waals surface area (Å²) in [6.07, 6.45) is 5.36. The van der Waals surface area contributed by atoms with Gasteiger partial charge in [-0.05, 0) is 31.0 Å². The number of aryl methyl sites for hydroxylation is 3. The van der Waals surface area contributed by atoms with Crippen LogP contribution in [0, 0.1) is 6.92 Å². The second-order valence-electron chi connectivity index (χ2n) is 6.09. The van der Waals surface area contributed by atoms with E-state index in [9.17, 15) is 4.79 Å². The van der Waals surface area contributed by atoms with E-state index in [1.165, 1.54) is 16.9 Å². The van der Waals surface area contributed by atoms with E-state index in [-0.39, 0.29) is 5.91 Å². The van der Waals surface area contributed by atoms with Crippen molar-refractivity contribution in [2.24, 2.45) is 0 Å². The van der Waals surface area contributed by atoms with Gasteiger partial charge in [0.25, 0.3) is 5.91 Å². The molecule has 0 spiro atoms. The zero-order chi connectivity index (χ0) is 17.5. The van der Waals surface area contributed by atoms with Gasteiger partial charge in [-0.1, -0.05) is 0 Å². The Morgan fingerprint density at radius 2 is 2.04 bits per heavy atom. The Balaban J connectivity index is 1.48. The molecule has 0 aliphatic carbocycles. The minimum Gasteiger partial charge on any atom is -0.379 e. The number of aromatic nitrogens is 2. The van der Waals surface area contributed by atoms with E-state index in [0.717, 1.165) is 61.3 Å². The van der Waals surface area contributed by atoms with Crippen molar-refractivity contribution in [3.05, 3.63) is 45.7 Å². The SMILES string of the molecule is Cc1nc(CCc2ccncc2)sc1C(=O)NCCN1CCOCC1. The van der Waals surface area contributed by atoms with E-state index in [1.807, 2.05) is 19.1 Å². The number of carbonyl (C=O) groups is 1. The van der Waals surface area contributed by atoms with E-state index in [4.69, 9.17) is 4.74 Å². The van der Waals surface area contributed by atoms with E-state index in [0.29, 0.717) is 6.54 Å². The molecule has 1 saturated heterocycles. The Hall–Kier alpha value is -1.83. The fraction of sp³-hybridized carbons (Fsp3) is 0.500. The normalized spacial score (nSPS) is 15.2. The number of hydrogen-bond acceptors (Lipinski definition) is 6. The van der Waals surface area contributed by atoms with Gasteiger partial charge in [0.15, 0.2) is 0 Å². The van der Waals surface area contributed by atoms with Crippen LogP contribution in [0.2, 0.25) is 0 Å². The minimum absolute atomic E-state index is 0.0154. The van der Waals surface area contributed by atoms with Crippen LogP contribution in [-0.2, 0) is 17.6 Å². The van der Waals surface area contributed by atoms with Crippen LogP contribution in [0.5, 0.6) is 0 Å². The number of amides is 1. The molecule has 1 aliphatic rings. The van der Waals surface area contributed by atoms with Crippen LogP contribution in [0.25, 0.3) is 0 Å². The molecular formula is C18H24N4O2S. The van der Waals surface area contributed by atoms with E-state index in [1.54, 1.807) is 12.4 Å². The van der Waals surface area contributed by atoms with Crippen molar-refractivity contribution in [3.8, 4) is 0 Å². The van der Waals surface area contributed by atoms with Gasteiger partial charge >= 0.3 is 0 Å². The predicted octanol–water partition coefficient (Wildman–Crippen LogP) is 1.69. The molecule has 1 fully saturated rings. The number of hydrogen-bond donors (Lipinski definition) is 1. The average Bonchev–Trinajstić information content (AvgIpc) is 3.02. The second-order valence-corrected chi connectivity index (χ2v) is 7.17. The van der Waals surface area contributed by atoms with Crippen LogP contribution in [0.15, 0.2) is 24.5 Å². The summed E-state index contributed by atoms with van der Waals surface area (Å²) in [5, 5.41) is 4.02. The van der Waals surface area contributed by atoms with Gasteiger partial charge in [-0.3, -0.25) is 14.7 Å². The molecule has 0 aromatic carbocycles. The Bertz CT molecular complexity index is 684. The molecule has 0 unspecified atom stereocenters. The standard InChI is InChI=1S/C18H24N4O2S/c1-14-17(18(23)20-8-9-22-10-12-24-13-11-22)25-16(21-14)3-2-15-4-6-19-7-5-15/h4-7H,2-3,8-13H2,1H3,(H,20,23). The monoisotopic (exact) mass is 360 g/mol. The van der Waals surface area contributed by atoms with Gasteiger partial charge in [0.1, 0.15) is 4.88 Å². The summed E-state index contributed by atoms with van der Waals surface area (Å²) in [5.41, 5.74) is 2.05. The van der Waals surface area contributed by atoms with Crippen LogP contribution in [0.3, 0.4) is 0 Å². The molecule has 25 heavy (non-hydrogen) atoms. The lowest BCUT2D eigenvalue weighted by molar-refractivity contribution is 0.0383. The van der Waals surface area contributed by atoms with Gasteiger partial charge in [-0.2, -0.15) is 0 Å². The van der Waals surface area contributed by atoms with Crippen LogP contribution >= 0.6 is 11.3 Å². The number of carbonyl (C=O) groups excluding carboxylic acids is 1. The first-order valence-electron chi connectivity index (χ1n) is 8.66. The summed E-state index contributed by atoms with van der Waals surface area (Å²) in [6.45, 7) is 6.86. The van der Waals surface area contributed by atoms with Crippen LogP contribution < -0.4 is 5.32 Å². The zero-order valence-corrected chi connectivity index (χ0v) is 15.3. The van der Waals surface area contributed by atoms with Gasteiger partial charge in [-0.15, -0.1) is 11.3 Å². The number of ether oxygens (including phenoxy) is 1. The highest BCUT2D eigenvalue weighted by Crippen LogP contribution is 2.19. The summed E-state index contributed by atoms with van der Waals surface area (Å²) in [5.74, 6) is -0.0154. The second kappa shape index (κ2) is 9.03. The van der Waals surface area contributed by atoms with Crippen molar-refractivity contribution in [1.29, 1.82) is 0 Å². The third-order valence-electron chi connectivity index (χ3n) is 4.24. The van der Waals surface area contributed by atoms with Crippen molar-refractivity contribution in [1.82, 2.24) is 20.2 Å². The molecule has 0 radical (unpaired) electrons. The fourth-order valence-electron chi connectivity index (χ4n) is 2.80. The van der Waals surface area contributed by atoms with Gasteiger partial charge in [0.05, 0.1) is 23.9 Å². The molecule has 0 atom stereocenters.